The van der Waals surface area contributed by atoms with Gasteiger partial charge in [-0.1, -0.05) is 49.4 Å². The fourth-order valence-corrected chi connectivity index (χ4v) is 2.16. The van der Waals surface area contributed by atoms with Gasteiger partial charge in [-0.05, 0) is 29.3 Å². The van der Waals surface area contributed by atoms with Gasteiger partial charge in [-0.3, -0.25) is 0 Å². The molecule has 0 aliphatic rings. The maximum atomic E-state index is 13.1. The number of alkyl halides is 3. The van der Waals surface area contributed by atoms with Crippen molar-refractivity contribution in [3.8, 4) is 11.1 Å². The summed E-state index contributed by atoms with van der Waals surface area (Å²) in [6.45, 7) is 3.29. The molecule has 0 saturated heterocycles. The third-order valence-corrected chi connectivity index (χ3v) is 3.11. The topological polar surface area (TPSA) is 12.0 Å². The van der Waals surface area contributed by atoms with Crippen molar-refractivity contribution in [3.63, 3.8) is 0 Å². The highest BCUT2D eigenvalue weighted by atomic mass is 19.4. The Bertz CT molecular complexity index is 576. The Morgan fingerprint density at radius 2 is 1.50 bits per heavy atom. The minimum Gasteiger partial charge on any atom is -0.313 e. The van der Waals surface area contributed by atoms with E-state index < -0.39 is 11.7 Å². The second-order valence-corrected chi connectivity index (χ2v) is 4.48. The molecule has 2 aromatic rings. The van der Waals surface area contributed by atoms with E-state index in [0.717, 1.165) is 18.2 Å². The van der Waals surface area contributed by atoms with Gasteiger partial charge < -0.3 is 5.32 Å². The van der Waals surface area contributed by atoms with Gasteiger partial charge in [0.25, 0.3) is 0 Å². The number of hydrogen-bond donors (Lipinski definition) is 1. The molecule has 4 heteroatoms. The predicted molar refractivity (Wildman–Crippen MR) is 74.3 cm³/mol. The number of rotatable bonds is 4. The van der Waals surface area contributed by atoms with E-state index in [9.17, 15) is 13.2 Å². The van der Waals surface area contributed by atoms with E-state index in [1.165, 1.54) is 12.1 Å². The maximum absolute atomic E-state index is 13.1. The minimum atomic E-state index is -4.35. The van der Waals surface area contributed by atoms with Crippen LogP contribution in [0.15, 0.2) is 48.5 Å². The van der Waals surface area contributed by atoms with E-state index in [1.807, 2.05) is 19.1 Å². The summed E-state index contributed by atoms with van der Waals surface area (Å²) in [7, 11) is 0. The molecular formula is C16H16F3N. The number of nitrogens with one attached hydrogen (secondary N) is 1. The van der Waals surface area contributed by atoms with Crippen LogP contribution in [0.3, 0.4) is 0 Å². The first kappa shape index (κ1) is 14.6. The largest absolute Gasteiger partial charge is 0.417 e. The highest BCUT2D eigenvalue weighted by Gasteiger charge is 2.33. The van der Waals surface area contributed by atoms with Gasteiger partial charge in [-0.2, -0.15) is 13.2 Å². The molecule has 0 heterocycles. The lowest BCUT2D eigenvalue weighted by Crippen LogP contribution is -2.13. The van der Waals surface area contributed by atoms with Crippen LogP contribution in [0.25, 0.3) is 11.1 Å². The van der Waals surface area contributed by atoms with Crippen molar-refractivity contribution in [2.24, 2.45) is 0 Å². The van der Waals surface area contributed by atoms with Crippen LogP contribution in [0, 0.1) is 0 Å². The Balaban J connectivity index is 2.52. The molecule has 0 amide bonds. The van der Waals surface area contributed by atoms with Gasteiger partial charge in [0.15, 0.2) is 0 Å². The summed E-state index contributed by atoms with van der Waals surface area (Å²) in [5.41, 5.74) is 1.13. The molecule has 0 radical (unpaired) electrons. The van der Waals surface area contributed by atoms with Crippen LogP contribution < -0.4 is 5.32 Å². The Hall–Kier alpha value is -1.81. The molecule has 0 spiro atoms. The number of benzene rings is 2. The summed E-state index contributed by atoms with van der Waals surface area (Å²) in [6, 6.07) is 12.9. The molecule has 0 aromatic heterocycles. The van der Waals surface area contributed by atoms with Crippen LogP contribution in [-0.4, -0.2) is 6.54 Å². The van der Waals surface area contributed by atoms with Crippen LogP contribution >= 0.6 is 0 Å². The van der Waals surface area contributed by atoms with Crippen molar-refractivity contribution in [2.45, 2.75) is 19.6 Å². The van der Waals surface area contributed by atoms with E-state index in [-0.39, 0.29) is 5.56 Å². The molecule has 0 atom stereocenters. The molecule has 2 rings (SSSR count). The lowest BCUT2D eigenvalue weighted by atomic mass is 9.95. The first-order valence-electron chi connectivity index (χ1n) is 6.49. The second kappa shape index (κ2) is 6.09. The molecule has 0 aliphatic carbocycles. The highest BCUT2D eigenvalue weighted by molar-refractivity contribution is 5.71. The summed E-state index contributed by atoms with van der Waals surface area (Å²) in [4.78, 5) is 0. The maximum Gasteiger partial charge on any atom is 0.417 e. The quantitative estimate of drug-likeness (QED) is 0.870. The zero-order chi connectivity index (χ0) is 14.6. The van der Waals surface area contributed by atoms with Gasteiger partial charge in [0.05, 0.1) is 5.56 Å². The van der Waals surface area contributed by atoms with Crippen molar-refractivity contribution in [2.75, 3.05) is 6.54 Å². The number of hydrogen-bond acceptors (Lipinski definition) is 1. The molecular weight excluding hydrogens is 263 g/mol. The van der Waals surface area contributed by atoms with Gasteiger partial charge in [-0.15, -0.1) is 0 Å². The molecule has 106 valence electrons. The predicted octanol–water partition coefficient (Wildman–Crippen LogP) is 4.48. The lowest BCUT2D eigenvalue weighted by Gasteiger charge is -2.16. The fourth-order valence-electron chi connectivity index (χ4n) is 2.16. The Morgan fingerprint density at radius 3 is 2.15 bits per heavy atom. The third-order valence-electron chi connectivity index (χ3n) is 3.11. The van der Waals surface area contributed by atoms with E-state index in [1.54, 1.807) is 18.2 Å². The summed E-state index contributed by atoms with van der Waals surface area (Å²) in [6.07, 6.45) is -4.35. The average Bonchev–Trinajstić information content (AvgIpc) is 2.44. The number of halogens is 3. The fraction of sp³-hybridized carbons (Fsp3) is 0.250. The summed E-state index contributed by atoms with van der Waals surface area (Å²) in [5, 5.41) is 3.15. The second-order valence-electron chi connectivity index (χ2n) is 4.48. The molecule has 1 N–H and O–H groups in total. The standard InChI is InChI=1S/C16H16F3N/c1-2-20-11-12-7-3-4-8-13(12)14-9-5-6-10-15(14)16(17,18)19/h3-10,20H,2,11H2,1H3. The van der Waals surface area contributed by atoms with Crippen LogP contribution in [0.5, 0.6) is 0 Å². The van der Waals surface area contributed by atoms with Crippen molar-refractivity contribution < 1.29 is 13.2 Å². The molecule has 20 heavy (non-hydrogen) atoms. The zero-order valence-electron chi connectivity index (χ0n) is 11.2. The van der Waals surface area contributed by atoms with Crippen LogP contribution in [0.4, 0.5) is 13.2 Å². The summed E-state index contributed by atoms with van der Waals surface area (Å²) >= 11 is 0. The van der Waals surface area contributed by atoms with Crippen molar-refractivity contribution in [3.05, 3.63) is 59.7 Å². The molecule has 2 aromatic carbocycles. The third kappa shape index (κ3) is 3.20. The monoisotopic (exact) mass is 279 g/mol. The first-order chi connectivity index (χ1) is 9.54. The molecule has 0 saturated carbocycles. The van der Waals surface area contributed by atoms with Crippen LogP contribution in [0.1, 0.15) is 18.1 Å². The Labute approximate surface area is 116 Å². The van der Waals surface area contributed by atoms with E-state index in [0.29, 0.717) is 12.1 Å². The first-order valence-corrected chi connectivity index (χ1v) is 6.49. The van der Waals surface area contributed by atoms with Gasteiger partial charge in [0.2, 0.25) is 0 Å². The van der Waals surface area contributed by atoms with E-state index in [2.05, 4.69) is 5.32 Å². The van der Waals surface area contributed by atoms with Gasteiger partial charge in [0, 0.05) is 6.54 Å². The van der Waals surface area contributed by atoms with Gasteiger partial charge in [0.1, 0.15) is 0 Å². The van der Waals surface area contributed by atoms with Crippen molar-refractivity contribution in [1.29, 1.82) is 0 Å². The highest BCUT2D eigenvalue weighted by Crippen LogP contribution is 2.37. The minimum absolute atomic E-state index is 0.230. The van der Waals surface area contributed by atoms with Gasteiger partial charge in [-0.25, -0.2) is 0 Å². The molecule has 0 fully saturated rings. The Kier molecular flexibility index (Phi) is 4.45. The molecule has 0 aliphatic heterocycles. The smallest absolute Gasteiger partial charge is 0.313 e. The average molecular weight is 279 g/mol. The summed E-state index contributed by atoms with van der Waals surface area (Å²) in [5.74, 6) is 0. The van der Waals surface area contributed by atoms with Crippen LogP contribution in [0.2, 0.25) is 0 Å². The van der Waals surface area contributed by atoms with Crippen molar-refractivity contribution in [1.82, 2.24) is 5.32 Å². The zero-order valence-corrected chi connectivity index (χ0v) is 11.2. The molecule has 1 nitrogen and oxygen atoms in total. The summed E-state index contributed by atoms with van der Waals surface area (Å²) < 4.78 is 39.3. The van der Waals surface area contributed by atoms with Crippen LogP contribution in [-0.2, 0) is 12.7 Å². The van der Waals surface area contributed by atoms with Gasteiger partial charge >= 0.3 is 6.18 Å². The molecule has 0 bridgehead atoms. The normalized spacial score (nSPS) is 11.6. The Morgan fingerprint density at radius 1 is 0.900 bits per heavy atom. The SMILES string of the molecule is CCNCc1ccccc1-c1ccccc1C(F)(F)F. The molecule has 0 unspecified atom stereocenters. The van der Waals surface area contributed by atoms with E-state index >= 15 is 0 Å². The van der Waals surface area contributed by atoms with E-state index in [4.69, 9.17) is 0 Å². The van der Waals surface area contributed by atoms with Crippen molar-refractivity contribution >= 4 is 0 Å². The lowest BCUT2D eigenvalue weighted by molar-refractivity contribution is -0.137.